The van der Waals surface area contributed by atoms with Gasteiger partial charge in [0.15, 0.2) is 17.0 Å². The van der Waals surface area contributed by atoms with E-state index >= 15 is 0 Å². The number of nitrogens with zero attached hydrogens (tertiary/aromatic N) is 5. The number of rotatable bonds is 3. The number of hydrogen-bond donors (Lipinski definition) is 1. The minimum absolute atomic E-state index is 0.0352. The van der Waals surface area contributed by atoms with E-state index in [1.165, 1.54) is 4.52 Å². The van der Waals surface area contributed by atoms with Gasteiger partial charge in [0.25, 0.3) is 11.5 Å². The first-order valence-corrected chi connectivity index (χ1v) is 9.04. The summed E-state index contributed by atoms with van der Waals surface area (Å²) in [6.07, 6.45) is 1.63. The molecule has 9 nitrogen and oxygen atoms in total. The number of fused-ring (bicyclic) bond motifs is 1. The Morgan fingerprint density at radius 3 is 2.39 bits per heavy atom. The number of aromatic amines is 1. The highest BCUT2D eigenvalue weighted by Crippen LogP contribution is 2.19. The van der Waals surface area contributed by atoms with E-state index in [-0.39, 0.29) is 28.5 Å². The van der Waals surface area contributed by atoms with Gasteiger partial charge in [-0.1, -0.05) is 5.21 Å². The summed E-state index contributed by atoms with van der Waals surface area (Å²) < 4.78 is 1.34. The maximum atomic E-state index is 12.9. The SMILES string of the molecule is CC(=O)c1ccc(N2CCN(C(=O)c3nnn4cc(C)[nH]c(=O)c34)CC2)cc1. The van der Waals surface area contributed by atoms with E-state index < -0.39 is 0 Å². The summed E-state index contributed by atoms with van der Waals surface area (Å²) in [4.78, 5) is 43.0. The Balaban J connectivity index is 1.49. The molecule has 0 spiro atoms. The fourth-order valence-corrected chi connectivity index (χ4v) is 3.42. The first-order chi connectivity index (χ1) is 13.4. The Bertz CT molecular complexity index is 1110. The van der Waals surface area contributed by atoms with Crippen LogP contribution in [0.5, 0.6) is 0 Å². The van der Waals surface area contributed by atoms with Crippen molar-refractivity contribution in [1.29, 1.82) is 0 Å². The Kier molecular flexibility index (Phi) is 4.42. The monoisotopic (exact) mass is 380 g/mol. The highest BCUT2D eigenvalue weighted by atomic mass is 16.2. The van der Waals surface area contributed by atoms with Crippen LogP contribution in [0.25, 0.3) is 5.52 Å². The molecule has 1 amide bonds. The van der Waals surface area contributed by atoms with Gasteiger partial charge in [0.1, 0.15) is 0 Å². The van der Waals surface area contributed by atoms with Gasteiger partial charge < -0.3 is 14.8 Å². The van der Waals surface area contributed by atoms with Gasteiger partial charge in [-0.2, -0.15) is 0 Å². The van der Waals surface area contributed by atoms with Gasteiger partial charge in [0.05, 0.1) is 6.20 Å². The zero-order chi connectivity index (χ0) is 19.8. The summed E-state index contributed by atoms with van der Waals surface area (Å²) in [5.41, 5.74) is 2.19. The van der Waals surface area contributed by atoms with Gasteiger partial charge in [-0.15, -0.1) is 5.10 Å². The number of benzene rings is 1. The summed E-state index contributed by atoms with van der Waals surface area (Å²) in [5, 5.41) is 7.83. The lowest BCUT2D eigenvalue weighted by Gasteiger charge is -2.35. The van der Waals surface area contributed by atoms with E-state index in [9.17, 15) is 14.4 Å². The minimum atomic E-state index is -0.377. The molecule has 9 heteroatoms. The molecule has 2 aromatic heterocycles. The number of nitrogens with one attached hydrogen (secondary N) is 1. The number of carbonyl (C=O) groups is 2. The third kappa shape index (κ3) is 3.15. The maximum Gasteiger partial charge on any atom is 0.277 e. The standard InChI is InChI=1S/C19H20N6O3/c1-12-11-25-17(18(27)20-12)16(21-22-25)19(28)24-9-7-23(8-10-24)15-5-3-14(4-6-15)13(2)26/h3-6,11H,7-10H2,1-2H3,(H,20,27). The van der Waals surface area contributed by atoms with E-state index in [0.717, 1.165) is 5.69 Å². The Labute approximate surface area is 160 Å². The second-order valence-corrected chi connectivity index (χ2v) is 6.88. The van der Waals surface area contributed by atoms with Crippen LogP contribution >= 0.6 is 0 Å². The molecule has 3 aromatic rings. The maximum absolute atomic E-state index is 12.9. The first kappa shape index (κ1) is 17.9. The van der Waals surface area contributed by atoms with Crippen molar-refractivity contribution in [3.63, 3.8) is 0 Å². The van der Waals surface area contributed by atoms with Crippen LogP contribution in [0.15, 0.2) is 35.3 Å². The topological polar surface area (TPSA) is 104 Å². The van der Waals surface area contributed by atoms with Gasteiger partial charge in [-0.25, -0.2) is 4.52 Å². The van der Waals surface area contributed by atoms with Gasteiger partial charge in [-0.05, 0) is 38.1 Å². The second kappa shape index (κ2) is 6.91. The van der Waals surface area contributed by atoms with Crippen molar-refractivity contribution in [1.82, 2.24) is 24.7 Å². The van der Waals surface area contributed by atoms with Crippen LogP contribution in [-0.4, -0.2) is 62.6 Å². The fourth-order valence-electron chi connectivity index (χ4n) is 3.42. The van der Waals surface area contributed by atoms with E-state index in [0.29, 0.717) is 37.4 Å². The van der Waals surface area contributed by atoms with Crippen LogP contribution in [0.3, 0.4) is 0 Å². The normalized spacial score (nSPS) is 14.5. The number of aryl methyl sites for hydroxylation is 1. The molecular formula is C19H20N6O3. The number of anilines is 1. The molecule has 4 rings (SSSR count). The smallest absolute Gasteiger partial charge is 0.277 e. The number of amides is 1. The summed E-state index contributed by atoms with van der Waals surface area (Å²) in [6, 6.07) is 7.46. The van der Waals surface area contributed by atoms with Gasteiger partial charge in [0.2, 0.25) is 0 Å². The quantitative estimate of drug-likeness (QED) is 0.677. The molecule has 3 heterocycles. The van der Waals surface area contributed by atoms with Crippen molar-refractivity contribution >= 4 is 22.9 Å². The van der Waals surface area contributed by atoms with Crippen LogP contribution in [0, 0.1) is 6.92 Å². The molecule has 0 radical (unpaired) electrons. The third-order valence-electron chi connectivity index (χ3n) is 4.94. The van der Waals surface area contributed by atoms with Crippen LogP contribution < -0.4 is 10.5 Å². The van der Waals surface area contributed by atoms with E-state index in [2.05, 4.69) is 20.2 Å². The zero-order valence-electron chi connectivity index (χ0n) is 15.7. The third-order valence-corrected chi connectivity index (χ3v) is 4.94. The van der Waals surface area contributed by atoms with Gasteiger partial charge in [0, 0.05) is 43.1 Å². The van der Waals surface area contributed by atoms with Crippen molar-refractivity contribution in [3.05, 3.63) is 57.8 Å². The van der Waals surface area contributed by atoms with Crippen molar-refractivity contribution in [2.75, 3.05) is 31.1 Å². The Morgan fingerprint density at radius 1 is 1.07 bits per heavy atom. The summed E-state index contributed by atoms with van der Waals surface area (Å²) >= 11 is 0. The molecule has 0 aliphatic carbocycles. The molecule has 144 valence electrons. The number of hydrogen-bond acceptors (Lipinski definition) is 6. The predicted octanol–water partition coefficient (Wildman–Crippen LogP) is 0.891. The largest absolute Gasteiger partial charge is 0.368 e. The lowest BCUT2D eigenvalue weighted by Crippen LogP contribution is -2.49. The van der Waals surface area contributed by atoms with Crippen molar-refractivity contribution in [2.24, 2.45) is 0 Å². The van der Waals surface area contributed by atoms with Crippen molar-refractivity contribution < 1.29 is 9.59 Å². The van der Waals surface area contributed by atoms with Crippen LogP contribution in [0.2, 0.25) is 0 Å². The molecule has 1 saturated heterocycles. The van der Waals surface area contributed by atoms with Crippen LogP contribution in [0.1, 0.15) is 33.5 Å². The highest BCUT2D eigenvalue weighted by Gasteiger charge is 2.27. The fraction of sp³-hybridized carbons (Fsp3) is 0.316. The molecule has 1 aliphatic heterocycles. The zero-order valence-corrected chi connectivity index (χ0v) is 15.7. The molecule has 28 heavy (non-hydrogen) atoms. The molecule has 0 bridgehead atoms. The number of piperazine rings is 1. The Hall–Kier alpha value is -3.49. The molecule has 1 N–H and O–H groups in total. The lowest BCUT2D eigenvalue weighted by atomic mass is 10.1. The van der Waals surface area contributed by atoms with E-state index in [4.69, 9.17) is 0 Å². The number of aromatic nitrogens is 4. The summed E-state index contributed by atoms with van der Waals surface area (Å²) in [6.45, 7) is 5.61. The molecule has 0 saturated carbocycles. The predicted molar refractivity (Wildman–Crippen MR) is 103 cm³/mol. The molecule has 1 aliphatic rings. The first-order valence-electron chi connectivity index (χ1n) is 9.04. The second-order valence-electron chi connectivity index (χ2n) is 6.88. The van der Waals surface area contributed by atoms with Crippen LogP contribution in [-0.2, 0) is 0 Å². The van der Waals surface area contributed by atoms with Gasteiger partial charge in [-0.3, -0.25) is 14.4 Å². The van der Waals surface area contributed by atoms with E-state index in [1.807, 2.05) is 24.3 Å². The Morgan fingerprint density at radius 2 is 1.75 bits per heavy atom. The number of Topliss-reactive ketones (excluding diaryl/α,β-unsaturated/α-hetero) is 1. The van der Waals surface area contributed by atoms with Crippen LogP contribution in [0.4, 0.5) is 5.69 Å². The lowest BCUT2D eigenvalue weighted by molar-refractivity contribution is 0.0742. The highest BCUT2D eigenvalue weighted by molar-refractivity contribution is 5.98. The number of carbonyl (C=O) groups excluding carboxylic acids is 2. The van der Waals surface area contributed by atoms with Gasteiger partial charge >= 0.3 is 0 Å². The average Bonchev–Trinajstić information content (AvgIpc) is 3.12. The van der Waals surface area contributed by atoms with Crippen molar-refractivity contribution in [3.8, 4) is 0 Å². The molecular weight excluding hydrogens is 360 g/mol. The average molecular weight is 380 g/mol. The van der Waals surface area contributed by atoms with Crippen molar-refractivity contribution in [2.45, 2.75) is 13.8 Å². The molecule has 0 atom stereocenters. The minimum Gasteiger partial charge on any atom is -0.368 e. The molecule has 1 aromatic carbocycles. The number of ketones is 1. The summed E-state index contributed by atoms with van der Waals surface area (Å²) in [5.74, 6) is -0.260. The molecule has 1 fully saturated rings. The van der Waals surface area contributed by atoms with E-state index in [1.54, 1.807) is 24.9 Å². The summed E-state index contributed by atoms with van der Waals surface area (Å²) in [7, 11) is 0. The number of H-pyrrole nitrogens is 1. The molecule has 0 unspecified atom stereocenters.